The molecule has 2 saturated heterocycles. The summed E-state index contributed by atoms with van der Waals surface area (Å²) in [6, 6.07) is 10.2. The molecule has 0 radical (unpaired) electrons. The molecule has 1 unspecified atom stereocenters. The second-order valence-electron chi connectivity index (χ2n) is 9.02. The summed E-state index contributed by atoms with van der Waals surface area (Å²) in [5.41, 5.74) is 0.111. The van der Waals surface area contributed by atoms with E-state index in [4.69, 9.17) is 9.22 Å². The third-order valence-corrected chi connectivity index (χ3v) is 7.91. The van der Waals surface area contributed by atoms with Crippen LogP contribution in [0.25, 0.3) is 0 Å². The molecule has 3 fully saturated rings. The third kappa shape index (κ3) is 4.59. The lowest BCUT2D eigenvalue weighted by Gasteiger charge is -2.54. The van der Waals surface area contributed by atoms with E-state index in [2.05, 4.69) is 23.7 Å². The summed E-state index contributed by atoms with van der Waals surface area (Å²) < 4.78 is 5.61. The number of piperidine rings is 1. The van der Waals surface area contributed by atoms with Gasteiger partial charge < -0.3 is 5.11 Å². The first-order valence-electron chi connectivity index (χ1n) is 11.7. The van der Waals surface area contributed by atoms with Crippen molar-refractivity contribution in [2.75, 3.05) is 6.61 Å². The van der Waals surface area contributed by atoms with Gasteiger partial charge in [0.25, 0.3) is 0 Å². The van der Waals surface area contributed by atoms with Crippen molar-refractivity contribution in [3.05, 3.63) is 30.3 Å². The summed E-state index contributed by atoms with van der Waals surface area (Å²) in [6.45, 7) is 2.30. The molecule has 1 N–H and O–H groups in total. The summed E-state index contributed by atoms with van der Waals surface area (Å²) in [5, 5.41) is 10.4. The van der Waals surface area contributed by atoms with Crippen LogP contribution in [0.15, 0.2) is 35.2 Å². The second-order valence-corrected chi connectivity index (χ2v) is 9.80. The first-order chi connectivity index (χ1) is 14.8. The molecule has 4 rings (SSSR count). The molecule has 0 amide bonds. The van der Waals surface area contributed by atoms with Crippen molar-refractivity contribution in [2.45, 2.75) is 99.8 Å². The highest BCUT2D eigenvalue weighted by Gasteiger charge is 2.60. The molecule has 2 aliphatic heterocycles. The molecule has 1 saturated carbocycles. The quantitative estimate of drug-likeness (QED) is 0.208. The smallest absolute Gasteiger partial charge is 0.114 e. The molecule has 3 aliphatic rings. The maximum atomic E-state index is 10.4. The van der Waals surface area contributed by atoms with Gasteiger partial charge in [-0.2, -0.15) is 4.33 Å². The second kappa shape index (κ2) is 10.5. The summed E-state index contributed by atoms with van der Waals surface area (Å²) in [5.74, 6) is 7.71. The Morgan fingerprint density at radius 1 is 1.20 bits per heavy atom. The molecule has 5 heteroatoms. The number of hydrogen-bond donors (Lipinski definition) is 1. The number of benzene rings is 1. The molecule has 0 aromatic heterocycles. The zero-order valence-corrected chi connectivity index (χ0v) is 18.9. The van der Waals surface area contributed by atoms with Crippen LogP contribution in [-0.4, -0.2) is 40.3 Å². The van der Waals surface area contributed by atoms with E-state index in [0.29, 0.717) is 5.92 Å². The van der Waals surface area contributed by atoms with Gasteiger partial charge in [0, 0.05) is 16.9 Å². The molecular weight excluding hydrogens is 394 g/mol. The molecular formula is C25H35NO3S. The topological polar surface area (TPSA) is 41.9 Å². The number of nitrogens with zero attached hydrogens (tertiary/aromatic N) is 1. The van der Waals surface area contributed by atoms with E-state index < -0.39 is 0 Å². The van der Waals surface area contributed by atoms with E-state index >= 15 is 0 Å². The van der Waals surface area contributed by atoms with E-state index in [0.717, 1.165) is 30.6 Å². The Kier molecular flexibility index (Phi) is 7.78. The van der Waals surface area contributed by atoms with Gasteiger partial charge in [-0.1, -0.05) is 50.3 Å². The van der Waals surface area contributed by atoms with Crippen LogP contribution in [0.4, 0.5) is 0 Å². The fraction of sp³-hybridized carbons (Fsp3) is 0.680. The first-order valence-corrected chi connectivity index (χ1v) is 12.5. The minimum atomic E-state index is -0.121. The summed E-state index contributed by atoms with van der Waals surface area (Å²) in [4.78, 5) is 9.54. The molecule has 1 aliphatic carbocycles. The van der Waals surface area contributed by atoms with Crippen molar-refractivity contribution in [3.63, 3.8) is 0 Å². The fourth-order valence-corrected chi connectivity index (χ4v) is 6.43. The van der Waals surface area contributed by atoms with Crippen LogP contribution in [0.3, 0.4) is 0 Å². The highest BCUT2D eigenvalue weighted by Crippen LogP contribution is 2.54. The van der Waals surface area contributed by atoms with Gasteiger partial charge >= 0.3 is 0 Å². The maximum Gasteiger partial charge on any atom is 0.114 e. The normalized spacial score (nSPS) is 33.4. The Morgan fingerprint density at radius 2 is 2.07 bits per heavy atom. The highest BCUT2D eigenvalue weighted by molar-refractivity contribution is 7.94. The van der Waals surface area contributed by atoms with Gasteiger partial charge in [-0.05, 0) is 56.6 Å². The number of hydrogen-bond acceptors (Lipinski definition) is 5. The Labute approximate surface area is 185 Å². The number of unbranched alkanes of at least 4 members (excludes halogenated alkanes) is 2. The lowest BCUT2D eigenvalue weighted by Crippen LogP contribution is -2.61. The number of aliphatic hydroxyl groups excluding tert-OH is 1. The molecule has 4 nitrogen and oxygen atoms in total. The van der Waals surface area contributed by atoms with Crippen LogP contribution in [0.5, 0.6) is 0 Å². The number of rotatable bonds is 7. The van der Waals surface area contributed by atoms with Gasteiger partial charge in [0.05, 0.1) is 30.7 Å². The Bertz CT molecular complexity index is 733. The van der Waals surface area contributed by atoms with Crippen LogP contribution in [0.1, 0.15) is 71.1 Å². The largest absolute Gasteiger partial charge is 0.395 e. The number of aliphatic hydroxyl groups is 1. The molecule has 1 aromatic rings. The van der Waals surface area contributed by atoms with Gasteiger partial charge in [-0.15, -0.1) is 5.92 Å². The molecule has 30 heavy (non-hydrogen) atoms. The van der Waals surface area contributed by atoms with E-state index in [1.165, 1.54) is 50.6 Å². The first kappa shape index (κ1) is 22.2. The molecule has 5 atom stereocenters. The lowest BCUT2D eigenvalue weighted by atomic mass is 9.66. The van der Waals surface area contributed by atoms with E-state index in [1.54, 1.807) is 0 Å². The Hall–Kier alpha value is -1.03. The van der Waals surface area contributed by atoms with E-state index in [-0.39, 0.29) is 30.3 Å². The van der Waals surface area contributed by atoms with Crippen molar-refractivity contribution < 1.29 is 14.3 Å². The Morgan fingerprint density at radius 3 is 2.87 bits per heavy atom. The average Bonchev–Trinajstić information content (AvgIpc) is 3.10. The predicted molar refractivity (Wildman–Crippen MR) is 121 cm³/mol. The van der Waals surface area contributed by atoms with Gasteiger partial charge in [-0.25, -0.2) is 4.89 Å². The minimum Gasteiger partial charge on any atom is -0.395 e. The molecule has 164 valence electrons. The van der Waals surface area contributed by atoms with Crippen molar-refractivity contribution in [1.82, 2.24) is 4.90 Å². The predicted octanol–water partition coefficient (Wildman–Crippen LogP) is 5.36. The molecule has 1 spiro atoms. The SMILES string of the molecule is CCCCC#CC1CC[C@@H]2CCCC[C@]23C[C@@H](OOSc2ccccc2)[C@H](CO)N13. The molecule has 0 bridgehead atoms. The highest BCUT2D eigenvalue weighted by atomic mass is 32.2. The van der Waals surface area contributed by atoms with Crippen molar-refractivity contribution in [3.8, 4) is 11.8 Å². The van der Waals surface area contributed by atoms with Crippen molar-refractivity contribution in [1.29, 1.82) is 0 Å². The summed E-state index contributed by atoms with van der Waals surface area (Å²) >= 11 is 1.25. The van der Waals surface area contributed by atoms with Crippen molar-refractivity contribution >= 4 is 12.0 Å². The monoisotopic (exact) mass is 429 g/mol. The fourth-order valence-electron chi connectivity index (χ4n) is 5.94. The van der Waals surface area contributed by atoms with Gasteiger partial charge in [0.2, 0.25) is 0 Å². The van der Waals surface area contributed by atoms with Crippen LogP contribution in [-0.2, 0) is 9.22 Å². The molecule has 2 heterocycles. The zero-order chi connectivity index (χ0) is 20.8. The van der Waals surface area contributed by atoms with Crippen LogP contribution < -0.4 is 0 Å². The Balaban J connectivity index is 1.50. The minimum absolute atomic E-state index is 0.0484. The van der Waals surface area contributed by atoms with Gasteiger partial charge in [-0.3, -0.25) is 4.90 Å². The summed E-state index contributed by atoms with van der Waals surface area (Å²) in [6.07, 6.45) is 11.5. The standard InChI is InChI=1S/C25H35NO3S/c1-2-3-4-6-12-21-16-15-20-11-9-10-17-25(20)18-24(23(19-27)26(21)25)28-29-30-22-13-7-5-8-14-22/h5,7-8,13-14,20-21,23-24,27H,2-4,9-11,15-19H2,1H3/t20-,21?,23-,24+,25-/m0/s1. The van der Waals surface area contributed by atoms with Gasteiger partial charge in [0.1, 0.15) is 6.10 Å². The van der Waals surface area contributed by atoms with Crippen LogP contribution in [0.2, 0.25) is 0 Å². The van der Waals surface area contributed by atoms with Crippen molar-refractivity contribution in [2.24, 2.45) is 5.92 Å². The molecule has 1 aromatic carbocycles. The van der Waals surface area contributed by atoms with E-state index in [9.17, 15) is 5.11 Å². The lowest BCUT2D eigenvalue weighted by molar-refractivity contribution is -0.238. The van der Waals surface area contributed by atoms with Crippen LogP contribution in [0, 0.1) is 17.8 Å². The average molecular weight is 430 g/mol. The third-order valence-electron chi connectivity index (χ3n) is 7.30. The zero-order valence-electron chi connectivity index (χ0n) is 18.1. The van der Waals surface area contributed by atoms with E-state index in [1.807, 2.05) is 30.3 Å². The maximum absolute atomic E-state index is 10.4. The van der Waals surface area contributed by atoms with Gasteiger partial charge in [0.15, 0.2) is 0 Å². The summed E-state index contributed by atoms with van der Waals surface area (Å²) in [7, 11) is 0. The van der Waals surface area contributed by atoms with Crippen LogP contribution >= 0.6 is 12.0 Å².